The second-order valence-corrected chi connectivity index (χ2v) is 8.45. The van der Waals surface area contributed by atoms with Crippen LogP contribution in [0.4, 0.5) is 18.0 Å². The summed E-state index contributed by atoms with van der Waals surface area (Å²) in [6.45, 7) is 2.78. The highest BCUT2D eigenvalue weighted by atomic mass is 19.4. The Bertz CT molecular complexity index is 1000. The van der Waals surface area contributed by atoms with E-state index in [1.54, 1.807) is 11.0 Å². The summed E-state index contributed by atoms with van der Waals surface area (Å²) >= 11 is 0. The van der Waals surface area contributed by atoms with E-state index in [0.29, 0.717) is 37.2 Å². The molecule has 2 heterocycles. The van der Waals surface area contributed by atoms with Crippen molar-refractivity contribution in [3.63, 3.8) is 0 Å². The van der Waals surface area contributed by atoms with Crippen LogP contribution in [0.2, 0.25) is 0 Å². The maximum atomic E-state index is 13.3. The molecule has 0 radical (unpaired) electrons. The van der Waals surface area contributed by atoms with E-state index in [4.69, 9.17) is 9.26 Å². The number of hydrogen-bond donors (Lipinski definition) is 1. The van der Waals surface area contributed by atoms with E-state index in [1.807, 2.05) is 6.92 Å². The number of nitrogens with one attached hydrogen (secondary N) is 1. The van der Waals surface area contributed by atoms with Crippen LogP contribution in [0.1, 0.15) is 56.7 Å². The zero-order valence-corrected chi connectivity index (χ0v) is 17.8. The van der Waals surface area contributed by atoms with Crippen molar-refractivity contribution >= 4 is 22.9 Å². The summed E-state index contributed by atoms with van der Waals surface area (Å²) in [4.78, 5) is 25.2. The van der Waals surface area contributed by atoms with E-state index in [9.17, 15) is 22.8 Å². The summed E-state index contributed by atoms with van der Waals surface area (Å²) in [6.07, 6.45) is 0.319. The van der Waals surface area contributed by atoms with E-state index in [-0.39, 0.29) is 41.4 Å². The van der Waals surface area contributed by atoms with Crippen molar-refractivity contribution in [3.8, 4) is 5.75 Å². The third kappa shape index (κ3) is 4.54. The van der Waals surface area contributed by atoms with Gasteiger partial charge in [-0.3, -0.25) is 10.1 Å². The standard InChI is InChI=1S/C22H26F3N3O4/c1-2-5-14-17(9-8-15-19(14)32-27-20(15)22(23,24)25)31-16-7-4-3-6-13(16)12-28-11-10-18(29)26-21(28)30/h8-9,13,16H,2-7,10-12H2,1H3,(H,26,29,30). The van der Waals surface area contributed by atoms with Gasteiger partial charge in [-0.1, -0.05) is 24.9 Å². The van der Waals surface area contributed by atoms with Gasteiger partial charge in [0.05, 0.1) is 5.39 Å². The van der Waals surface area contributed by atoms with Gasteiger partial charge < -0.3 is 14.2 Å². The second-order valence-electron chi connectivity index (χ2n) is 8.45. The Morgan fingerprint density at radius 3 is 2.75 bits per heavy atom. The van der Waals surface area contributed by atoms with E-state index in [0.717, 1.165) is 25.7 Å². The van der Waals surface area contributed by atoms with Crippen molar-refractivity contribution in [2.45, 2.75) is 64.1 Å². The lowest BCUT2D eigenvalue weighted by Crippen LogP contribution is -2.52. The molecule has 7 nitrogen and oxygen atoms in total. The van der Waals surface area contributed by atoms with Gasteiger partial charge in [-0.15, -0.1) is 0 Å². The van der Waals surface area contributed by atoms with Crippen LogP contribution in [0.25, 0.3) is 11.0 Å². The number of imide groups is 1. The predicted molar refractivity (Wildman–Crippen MR) is 109 cm³/mol. The molecule has 4 rings (SSSR count). The molecule has 2 fully saturated rings. The fourth-order valence-corrected chi connectivity index (χ4v) is 4.60. The van der Waals surface area contributed by atoms with Crippen molar-refractivity contribution in [3.05, 3.63) is 23.4 Å². The lowest BCUT2D eigenvalue weighted by atomic mass is 9.85. The zero-order chi connectivity index (χ0) is 22.9. The summed E-state index contributed by atoms with van der Waals surface area (Å²) in [5.41, 5.74) is -0.339. The fraction of sp³-hybridized carbons (Fsp3) is 0.591. The molecule has 0 bridgehead atoms. The number of urea groups is 1. The van der Waals surface area contributed by atoms with Gasteiger partial charge in [0, 0.05) is 31.0 Å². The summed E-state index contributed by atoms with van der Waals surface area (Å²) in [5.74, 6) is 0.290. The number of rotatable bonds is 6. The first-order chi connectivity index (χ1) is 15.3. The number of aromatic nitrogens is 1. The summed E-state index contributed by atoms with van der Waals surface area (Å²) in [5, 5.41) is 5.54. The van der Waals surface area contributed by atoms with Gasteiger partial charge in [-0.25, -0.2) is 4.79 Å². The molecule has 32 heavy (non-hydrogen) atoms. The van der Waals surface area contributed by atoms with Crippen LogP contribution >= 0.6 is 0 Å². The second kappa shape index (κ2) is 8.99. The normalized spacial score (nSPS) is 22.3. The fourth-order valence-electron chi connectivity index (χ4n) is 4.60. The molecule has 1 saturated carbocycles. The topological polar surface area (TPSA) is 84.7 Å². The number of halogens is 3. The molecule has 3 amide bonds. The zero-order valence-electron chi connectivity index (χ0n) is 17.8. The molecule has 0 spiro atoms. The Kier molecular flexibility index (Phi) is 6.30. The van der Waals surface area contributed by atoms with E-state index < -0.39 is 11.9 Å². The molecule has 1 saturated heterocycles. The predicted octanol–water partition coefficient (Wildman–Crippen LogP) is 4.68. The number of fused-ring (bicyclic) bond motifs is 1. The van der Waals surface area contributed by atoms with Gasteiger partial charge in [0.25, 0.3) is 0 Å². The highest BCUT2D eigenvalue weighted by Gasteiger charge is 2.38. The third-order valence-electron chi connectivity index (χ3n) is 6.18. The van der Waals surface area contributed by atoms with Gasteiger partial charge in [-0.05, 0) is 37.8 Å². The Labute approximate surface area is 183 Å². The van der Waals surface area contributed by atoms with Gasteiger partial charge in [0.15, 0.2) is 11.3 Å². The lowest BCUT2D eigenvalue weighted by Gasteiger charge is -2.37. The number of alkyl halides is 3. The van der Waals surface area contributed by atoms with Crippen LogP contribution in [0, 0.1) is 5.92 Å². The number of hydrogen-bond acceptors (Lipinski definition) is 5. The lowest BCUT2D eigenvalue weighted by molar-refractivity contribution is -0.141. The van der Waals surface area contributed by atoms with Crippen LogP contribution in [-0.4, -0.2) is 41.2 Å². The Balaban J connectivity index is 1.58. The van der Waals surface area contributed by atoms with E-state index >= 15 is 0 Å². The molecule has 1 aromatic carbocycles. The number of nitrogens with zero attached hydrogens (tertiary/aromatic N) is 2. The van der Waals surface area contributed by atoms with Crippen LogP contribution in [0.5, 0.6) is 5.75 Å². The number of amides is 3. The monoisotopic (exact) mass is 453 g/mol. The van der Waals surface area contributed by atoms with Crippen molar-refractivity contribution < 1.29 is 32.0 Å². The Morgan fingerprint density at radius 1 is 1.25 bits per heavy atom. The highest BCUT2D eigenvalue weighted by molar-refractivity contribution is 5.96. The quantitative estimate of drug-likeness (QED) is 0.687. The van der Waals surface area contributed by atoms with Crippen LogP contribution < -0.4 is 10.1 Å². The summed E-state index contributed by atoms with van der Waals surface area (Å²) in [6, 6.07) is 2.53. The number of ether oxygens (including phenoxy) is 1. The molecule has 1 aromatic heterocycles. The van der Waals surface area contributed by atoms with Crippen LogP contribution in [0.3, 0.4) is 0 Å². The maximum Gasteiger partial charge on any atom is 0.437 e. The Morgan fingerprint density at radius 2 is 2.03 bits per heavy atom. The molecule has 1 aliphatic carbocycles. The smallest absolute Gasteiger partial charge is 0.437 e. The minimum Gasteiger partial charge on any atom is -0.490 e. The Hall–Kier alpha value is -2.78. The van der Waals surface area contributed by atoms with Crippen molar-refractivity contribution in [1.82, 2.24) is 15.4 Å². The van der Waals surface area contributed by atoms with E-state index in [2.05, 4.69) is 10.5 Å². The highest BCUT2D eigenvalue weighted by Crippen LogP contribution is 2.39. The van der Waals surface area contributed by atoms with Gasteiger partial charge in [0.2, 0.25) is 5.91 Å². The summed E-state index contributed by atoms with van der Waals surface area (Å²) in [7, 11) is 0. The molecule has 10 heteroatoms. The molecule has 1 aliphatic heterocycles. The van der Waals surface area contributed by atoms with Crippen molar-refractivity contribution in [2.75, 3.05) is 13.1 Å². The molecular formula is C22H26F3N3O4. The minimum atomic E-state index is -4.60. The number of aryl methyl sites for hydroxylation is 1. The molecular weight excluding hydrogens is 427 g/mol. The molecule has 2 aliphatic rings. The van der Waals surface area contributed by atoms with Crippen LogP contribution in [0.15, 0.2) is 16.7 Å². The number of benzene rings is 1. The SMILES string of the molecule is CCCc1c(OC2CCCCC2CN2CCC(=O)NC2=O)ccc2c(C(F)(F)F)noc12. The molecule has 2 unspecified atom stereocenters. The summed E-state index contributed by atoms with van der Waals surface area (Å²) < 4.78 is 51.3. The number of carbonyl (C=O) groups is 2. The molecule has 174 valence electrons. The van der Waals surface area contributed by atoms with Gasteiger partial charge >= 0.3 is 12.2 Å². The first-order valence-electron chi connectivity index (χ1n) is 11.0. The first-order valence-corrected chi connectivity index (χ1v) is 11.0. The van der Waals surface area contributed by atoms with Gasteiger partial charge in [-0.2, -0.15) is 13.2 Å². The first kappa shape index (κ1) is 22.4. The molecule has 1 N–H and O–H groups in total. The van der Waals surface area contributed by atoms with Gasteiger partial charge in [0.1, 0.15) is 11.9 Å². The largest absolute Gasteiger partial charge is 0.490 e. The van der Waals surface area contributed by atoms with Crippen molar-refractivity contribution in [2.24, 2.45) is 5.92 Å². The van der Waals surface area contributed by atoms with Crippen molar-refractivity contribution in [1.29, 1.82) is 0 Å². The average Bonchev–Trinajstić information content (AvgIpc) is 3.18. The minimum absolute atomic E-state index is 0.0633. The maximum absolute atomic E-state index is 13.3. The average molecular weight is 453 g/mol. The molecule has 2 atom stereocenters. The van der Waals surface area contributed by atoms with Crippen LogP contribution in [-0.2, 0) is 17.4 Å². The third-order valence-corrected chi connectivity index (χ3v) is 6.18. The van der Waals surface area contributed by atoms with E-state index in [1.165, 1.54) is 6.07 Å². The molecule has 2 aromatic rings. The number of carbonyl (C=O) groups excluding carboxylic acids is 2.